The largest absolute Gasteiger partial charge is 0.486 e. The molecule has 0 N–H and O–H groups in total. The van der Waals surface area contributed by atoms with Crippen molar-refractivity contribution in [1.82, 2.24) is 19.6 Å². The van der Waals surface area contributed by atoms with Crippen LogP contribution in [-0.4, -0.2) is 151 Å². The molecule has 7 fully saturated rings. The van der Waals surface area contributed by atoms with Gasteiger partial charge in [0.25, 0.3) is 0 Å². The molecule has 9 rings (SSSR count). The number of nitrogens with zero attached hydrogens (tertiary/aromatic N) is 4. The third-order valence-electron chi connectivity index (χ3n) is 15.9. The number of esters is 2. The minimum Gasteiger partial charge on any atom is -0.486 e. The summed E-state index contributed by atoms with van der Waals surface area (Å²) in [6.45, 7) is 21.2. The zero-order chi connectivity index (χ0) is 47.7. The second-order valence-electron chi connectivity index (χ2n) is 21.5. The number of amides is 1. The Bertz CT molecular complexity index is 2230. The molecule has 1 spiro atoms. The Morgan fingerprint density at radius 3 is 2.14 bits per heavy atom. The number of allylic oxidation sites excluding steroid dienone is 6. The summed E-state index contributed by atoms with van der Waals surface area (Å²) >= 11 is 0. The number of rotatable bonds is 12. The standard InChI is InChI=1S/C52H72N4O10/c1-31(2)13-12-17-50(8)30-37(63-40(58)29-39(57)55-23-19-53(9)20-24-55)41-44(59)42-43(56-25-21-54(10)22-26-56)36-27-34-28-38-49(6,7)66-51(47(34)60,18-16-33(5)48(61)62-11)52(36,38)65-46(42)35(45(41)64-50)15-14-32(3)4/h13-14,16,30,34,36,38,42-43H,12,15,17-29H2,1-11H3/b33-16-. The number of ketones is 2. The number of likely N-dealkylation sites (N-methyl/N-ethyl adjacent to an activating group) is 2. The van der Waals surface area contributed by atoms with Gasteiger partial charge in [-0.25, -0.2) is 4.79 Å². The smallest absolute Gasteiger partial charge is 0.333 e. The van der Waals surface area contributed by atoms with Gasteiger partial charge in [0.05, 0.1) is 18.6 Å². The molecule has 9 aliphatic rings. The number of methoxy groups -OCH3 is 1. The molecule has 14 heteroatoms. The minimum atomic E-state index is -1.46. The van der Waals surface area contributed by atoms with E-state index in [9.17, 15) is 14.4 Å². The van der Waals surface area contributed by atoms with Crippen molar-refractivity contribution >= 4 is 29.4 Å². The topological polar surface area (TPSA) is 144 Å². The van der Waals surface area contributed by atoms with Crippen molar-refractivity contribution in [2.24, 2.45) is 23.7 Å². The Kier molecular flexibility index (Phi) is 13.1. The molecule has 360 valence electrons. The lowest BCUT2D eigenvalue weighted by Gasteiger charge is -2.66. The molecule has 1 amide bonds. The van der Waals surface area contributed by atoms with Gasteiger partial charge in [-0.15, -0.1) is 0 Å². The maximum Gasteiger partial charge on any atom is 0.333 e. The number of carbonyl (C=O) groups excluding carboxylic acids is 5. The summed E-state index contributed by atoms with van der Waals surface area (Å²) in [6, 6.07) is -0.423. The first-order valence-corrected chi connectivity index (χ1v) is 24.1. The Hall–Kier alpha value is -4.37. The first-order chi connectivity index (χ1) is 31.1. The van der Waals surface area contributed by atoms with Gasteiger partial charge < -0.3 is 38.4 Å². The van der Waals surface area contributed by atoms with E-state index >= 15 is 9.59 Å². The highest BCUT2D eigenvalue weighted by Gasteiger charge is 2.84. The molecule has 4 saturated heterocycles. The molecule has 3 saturated carbocycles. The quantitative estimate of drug-likeness (QED) is 0.100. The van der Waals surface area contributed by atoms with Crippen molar-refractivity contribution in [2.45, 2.75) is 129 Å². The van der Waals surface area contributed by atoms with Crippen molar-refractivity contribution in [3.8, 4) is 0 Å². The SMILES string of the molecule is COC(=O)/C(C)=C\CC12OC(C)(C)C3CC(CC4C(N5CCN(C)CC5)C5C(=O)C6=C(OC(C)(CCC=C(C)C)C=C6OC(=O)CC(=O)N6CCN(C)CC6)C(CC=C(C)C)=C5OC431)C2=O. The van der Waals surface area contributed by atoms with Crippen LogP contribution in [0, 0.1) is 23.7 Å². The maximum absolute atomic E-state index is 16.1. The molecule has 5 aliphatic heterocycles. The lowest BCUT2D eigenvalue weighted by atomic mass is 9.45. The van der Waals surface area contributed by atoms with E-state index in [1.807, 2.05) is 55.5 Å². The fraction of sp³-hybridized carbons (Fsp3) is 0.673. The van der Waals surface area contributed by atoms with Crippen molar-refractivity contribution in [3.05, 3.63) is 69.4 Å². The van der Waals surface area contributed by atoms with E-state index in [4.69, 9.17) is 23.7 Å². The predicted molar refractivity (Wildman–Crippen MR) is 247 cm³/mol. The zero-order valence-corrected chi connectivity index (χ0v) is 41.2. The Balaban J connectivity index is 1.32. The second kappa shape index (κ2) is 17.9. The fourth-order valence-corrected chi connectivity index (χ4v) is 12.6. The van der Waals surface area contributed by atoms with E-state index < -0.39 is 52.7 Å². The number of carbonyl (C=O) groups is 5. The van der Waals surface area contributed by atoms with Crippen LogP contribution in [0.3, 0.4) is 0 Å². The predicted octanol–water partition coefficient (Wildman–Crippen LogP) is 5.84. The summed E-state index contributed by atoms with van der Waals surface area (Å²) in [7, 11) is 5.45. The third-order valence-corrected chi connectivity index (χ3v) is 15.9. The molecule has 0 aromatic rings. The van der Waals surface area contributed by atoms with E-state index in [-0.39, 0.29) is 53.0 Å². The summed E-state index contributed by atoms with van der Waals surface area (Å²) in [5, 5.41) is 0. The van der Waals surface area contributed by atoms with Crippen molar-refractivity contribution in [3.63, 3.8) is 0 Å². The van der Waals surface area contributed by atoms with Gasteiger partial charge >= 0.3 is 11.9 Å². The van der Waals surface area contributed by atoms with Crippen molar-refractivity contribution in [2.75, 3.05) is 73.6 Å². The van der Waals surface area contributed by atoms with Gasteiger partial charge in [-0.1, -0.05) is 29.4 Å². The van der Waals surface area contributed by atoms with Crippen molar-refractivity contribution in [1.29, 1.82) is 0 Å². The molecular formula is C52H72N4O10. The number of piperazine rings is 2. The highest BCUT2D eigenvalue weighted by molar-refractivity contribution is 6.07. The van der Waals surface area contributed by atoms with Crippen LogP contribution < -0.4 is 0 Å². The highest BCUT2D eigenvalue weighted by Crippen LogP contribution is 2.72. The summed E-state index contributed by atoms with van der Waals surface area (Å²) < 4.78 is 33.6. The molecule has 8 atom stereocenters. The van der Waals surface area contributed by atoms with Gasteiger partial charge in [0.1, 0.15) is 34.9 Å². The van der Waals surface area contributed by atoms with E-state index in [2.05, 4.69) is 33.9 Å². The van der Waals surface area contributed by atoms with Crippen LogP contribution in [0.15, 0.2) is 69.4 Å². The second-order valence-corrected chi connectivity index (χ2v) is 21.5. The first-order valence-electron chi connectivity index (χ1n) is 24.1. The Labute approximate surface area is 391 Å². The van der Waals surface area contributed by atoms with E-state index in [1.54, 1.807) is 24.0 Å². The van der Waals surface area contributed by atoms with Crippen LogP contribution in [0.4, 0.5) is 0 Å². The molecule has 4 bridgehead atoms. The van der Waals surface area contributed by atoms with Gasteiger partial charge in [-0.2, -0.15) is 0 Å². The molecule has 0 radical (unpaired) electrons. The van der Waals surface area contributed by atoms with Crippen LogP contribution in [0.5, 0.6) is 0 Å². The Morgan fingerprint density at radius 1 is 0.848 bits per heavy atom. The zero-order valence-electron chi connectivity index (χ0n) is 41.2. The highest BCUT2D eigenvalue weighted by atomic mass is 16.6. The first kappa shape index (κ1) is 48.1. The molecule has 8 unspecified atom stereocenters. The molecular weight excluding hydrogens is 841 g/mol. The number of Topliss-reactive ketones (excluding diaryl/α,β-unsaturated/α-hetero) is 2. The molecule has 14 nitrogen and oxygen atoms in total. The third kappa shape index (κ3) is 8.25. The van der Waals surface area contributed by atoms with E-state index in [0.717, 1.165) is 24.2 Å². The van der Waals surface area contributed by atoms with Crippen molar-refractivity contribution < 1.29 is 47.7 Å². The lowest BCUT2D eigenvalue weighted by molar-refractivity contribution is -0.251. The summed E-state index contributed by atoms with van der Waals surface area (Å²) in [4.78, 5) is 80.3. The Morgan fingerprint density at radius 2 is 1.50 bits per heavy atom. The molecule has 0 aromatic heterocycles. The average molecular weight is 913 g/mol. The molecule has 4 aliphatic carbocycles. The molecule has 66 heavy (non-hydrogen) atoms. The molecule has 5 heterocycles. The van der Waals surface area contributed by atoms with Gasteiger partial charge in [0, 0.05) is 99.8 Å². The monoisotopic (exact) mass is 913 g/mol. The van der Waals surface area contributed by atoms with Crippen LogP contribution >= 0.6 is 0 Å². The van der Waals surface area contributed by atoms with E-state index in [1.165, 1.54) is 7.11 Å². The lowest BCUT2D eigenvalue weighted by Crippen LogP contribution is -2.78. The van der Waals surface area contributed by atoms with Gasteiger partial charge in [0.2, 0.25) is 5.91 Å². The van der Waals surface area contributed by atoms with Crippen LogP contribution in [0.1, 0.15) is 100 Å². The summed E-state index contributed by atoms with van der Waals surface area (Å²) in [5.41, 5.74) is -1.08. The summed E-state index contributed by atoms with van der Waals surface area (Å²) in [5.74, 6) is -2.68. The van der Waals surface area contributed by atoms with Gasteiger partial charge in [-0.05, 0) is 102 Å². The minimum absolute atomic E-state index is 0.0254. The normalized spacial score (nSPS) is 34.1. The van der Waals surface area contributed by atoms with Gasteiger partial charge in [0.15, 0.2) is 22.8 Å². The number of hydrogen-bond donors (Lipinski definition) is 0. The van der Waals surface area contributed by atoms with Crippen LogP contribution in [0.2, 0.25) is 0 Å². The number of hydrogen-bond acceptors (Lipinski definition) is 13. The number of ether oxygens (including phenoxy) is 5. The maximum atomic E-state index is 16.1. The van der Waals surface area contributed by atoms with Crippen LogP contribution in [0.25, 0.3) is 0 Å². The van der Waals surface area contributed by atoms with Gasteiger partial charge in [-0.3, -0.25) is 24.1 Å². The number of fused-ring (bicyclic) bond motifs is 1. The van der Waals surface area contributed by atoms with Crippen LogP contribution in [-0.2, 0) is 47.7 Å². The fourth-order valence-electron chi connectivity index (χ4n) is 12.6. The summed E-state index contributed by atoms with van der Waals surface area (Å²) in [6.07, 6.45) is 10.00. The molecule has 0 aromatic carbocycles. The average Bonchev–Trinajstić information content (AvgIpc) is 3.41. The van der Waals surface area contributed by atoms with E-state index in [0.29, 0.717) is 94.0 Å².